The molecule has 0 saturated heterocycles. The molecule has 1 aromatic heterocycles. The quantitative estimate of drug-likeness (QED) is 0.923. The molecule has 0 radical (unpaired) electrons. The molecule has 1 aromatic carbocycles. The van der Waals surface area contributed by atoms with Gasteiger partial charge in [0.1, 0.15) is 5.82 Å². The summed E-state index contributed by atoms with van der Waals surface area (Å²) in [6, 6.07) is 7.32. The highest BCUT2D eigenvalue weighted by Crippen LogP contribution is 2.21. The summed E-state index contributed by atoms with van der Waals surface area (Å²) in [5, 5.41) is 8.84. The van der Waals surface area contributed by atoms with Gasteiger partial charge in [-0.25, -0.2) is 9.97 Å². The molecule has 0 fully saturated rings. The largest absolute Gasteiger partial charge is 0.481 e. The van der Waals surface area contributed by atoms with E-state index >= 15 is 0 Å². The van der Waals surface area contributed by atoms with E-state index in [0.717, 1.165) is 22.5 Å². The monoisotopic (exact) mass is 271 g/mol. The van der Waals surface area contributed by atoms with Crippen LogP contribution in [0.1, 0.15) is 11.1 Å². The van der Waals surface area contributed by atoms with E-state index in [-0.39, 0.29) is 6.42 Å². The summed E-state index contributed by atoms with van der Waals surface area (Å²) in [7, 11) is 3.86. The lowest BCUT2D eigenvalue weighted by Gasteiger charge is -2.15. The fraction of sp³-hybridized carbons (Fsp3) is 0.267. The molecule has 5 heteroatoms. The lowest BCUT2D eigenvalue weighted by atomic mass is 10.1. The molecule has 0 bridgehead atoms. The molecule has 0 aliphatic rings. The second-order valence-corrected chi connectivity index (χ2v) is 4.87. The molecule has 0 aliphatic carbocycles. The van der Waals surface area contributed by atoms with Gasteiger partial charge in [-0.15, -0.1) is 0 Å². The number of aromatic nitrogens is 2. The first-order valence-electron chi connectivity index (χ1n) is 6.29. The Labute approximate surface area is 117 Å². The third kappa shape index (κ3) is 3.12. The van der Waals surface area contributed by atoms with Gasteiger partial charge in [0, 0.05) is 31.4 Å². The number of aliphatic carboxylic acids is 1. The molecule has 0 aliphatic heterocycles. The summed E-state index contributed by atoms with van der Waals surface area (Å²) in [6.07, 6.45) is 1.78. The molecule has 1 N–H and O–H groups in total. The number of aryl methyl sites for hydroxylation is 1. The number of carboxylic acids is 1. The van der Waals surface area contributed by atoms with E-state index in [1.165, 1.54) is 0 Å². The van der Waals surface area contributed by atoms with Crippen LogP contribution >= 0.6 is 0 Å². The van der Waals surface area contributed by atoms with Gasteiger partial charge in [0.15, 0.2) is 5.82 Å². The molecule has 20 heavy (non-hydrogen) atoms. The van der Waals surface area contributed by atoms with Gasteiger partial charge in [-0.1, -0.05) is 18.2 Å². The Hall–Kier alpha value is -2.43. The van der Waals surface area contributed by atoms with Crippen LogP contribution in [-0.4, -0.2) is 35.1 Å². The van der Waals surface area contributed by atoms with Crippen molar-refractivity contribution in [2.24, 2.45) is 0 Å². The van der Waals surface area contributed by atoms with Crippen LogP contribution < -0.4 is 4.90 Å². The Morgan fingerprint density at radius 2 is 2.10 bits per heavy atom. The second-order valence-electron chi connectivity index (χ2n) is 4.87. The van der Waals surface area contributed by atoms with Crippen LogP contribution in [-0.2, 0) is 11.2 Å². The fourth-order valence-electron chi connectivity index (χ4n) is 2.02. The minimum Gasteiger partial charge on any atom is -0.481 e. The Morgan fingerprint density at radius 1 is 1.35 bits per heavy atom. The number of carbonyl (C=O) groups is 1. The number of nitrogens with zero attached hydrogens (tertiary/aromatic N) is 3. The SMILES string of the molecule is Cc1cnc(-c2cccc(CC(=O)O)c2)nc1N(C)C. The number of anilines is 1. The van der Waals surface area contributed by atoms with E-state index in [4.69, 9.17) is 5.11 Å². The molecular formula is C15H17N3O2. The highest BCUT2D eigenvalue weighted by molar-refractivity contribution is 5.71. The summed E-state index contributed by atoms with van der Waals surface area (Å²) in [4.78, 5) is 21.6. The van der Waals surface area contributed by atoms with Crippen molar-refractivity contribution in [3.8, 4) is 11.4 Å². The molecule has 0 spiro atoms. The average molecular weight is 271 g/mol. The Kier molecular flexibility index (Phi) is 3.98. The van der Waals surface area contributed by atoms with Crippen LogP contribution in [0, 0.1) is 6.92 Å². The predicted molar refractivity (Wildman–Crippen MR) is 77.9 cm³/mol. The molecule has 2 aromatic rings. The summed E-state index contributed by atoms with van der Waals surface area (Å²) < 4.78 is 0. The smallest absolute Gasteiger partial charge is 0.307 e. The number of hydrogen-bond donors (Lipinski definition) is 1. The molecule has 1 heterocycles. The minimum atomic E-state index is -0.846. The van der Waals surface area contributed by atoms with E-state index in [2.05, 4.69) is 9.97 Å². The molecule has 0 saturated carbocycles. The molecule has 0 atom stereocenters. The van der Waals surface area contributed by atoms with Gasteiger partial charge in [0.25, 0.3) is 0 Å². The molecule has 104 valence electrons. The molecule has 0 unspecified atom stereocenters. The van der Waals surface area contributed by atoms with E-state index in [1.807, 2.05) is 44.1 Å². The molecule has 2 rings (SSSR count). The highest BCUT2D eigenvalue weighted by Gasteiger charge is 2.09. The van der Waals surface area contributed by atoms with Crippen LogP contribution in [0.5, 0.6) is 0 Å². The summed E-state index contributed by atoms with van der Waals surface area (Å²) in [5.74, 6) is 0.617. The van der Waals surface area contributed by atoms with Crippen molar-refractivity contribution in [1.82, 2.24) is 9.97 Å². The van der Waals surface area contributed by atoms with Gasteiger partial charge in [-0.3, -0.25) is 4.79 Å². The zero-order valence-electron chi connectivity index (χ0n) is 11.8. The van der Waals surface area contributed by atoms with Gasteiger partial charge in [0.2, 0.25) is 0 Å². The first-order chi connectivity index (χ1) is 9.47. The van der Waals surface area contributed by atoms with Crippen LogP contribution in [0.2, 0.25) is 0 Å². The van der Waals surface area contributed by atoms with E-state index in [0.29, 0.717) is 5.82 Å². The summed E-state index contributed by atoms with van der Waals surface area (Å²) in [5.41, 5.74) is 2.57. The van der Waals surface area contributed by atoms with Crippen molar-refractivity contribution in [3.05, 3.63) is 41.6 Å². The van der Waals surface area contributed by atoms with E-state index < -0.39 is 5.97 Å². The lowest BCUT2D eigenvalue weighted by molar-refractivity contribution is -0.136. The first kappa shape index (κ1) is 14.0. The Bertz CT molecular complexity index is 639. The minimum absolute atomic E-state index is 0.000237. The number of benzene rings is 1. The van der Waals surface area contributed by atoms with Gasteiger partial charge in [-0.2, -0.15) is 0 Å². The second kappa shape index (κ2) is 5.69. The van der Waals surface area contributed by atoms with Crippen molar-refractivity contribution >= 4 is 11.8 Å². The maximum Gasteiger partial charge on any atom is 0.307 e. The standard InChI is InChI=1S/C15H17N3O2/c1-10-9-16-14(17-15(10)18(2)3)12-6-4-5-11(7-12)8-13(19)20/h4-7,9H,8H2,1-3H3,(H,19,20). The molecule has 5 nitrogen and oxygen atoms in total. The molecular weight excluding hydrogens is 254 g/mol. The Balaban J connectivity index is 2.41. The van der Waals surface area contributed by atoms with Crippen LogP contribution in [0.3, 0.4) is 0 Å². The van der Waals surface area contributed by atoms with Crippen LogP contribution in [0.15, 0.2) is 30.5 Å². The summed E-state index contributed by atoms with van der Waals surface area (Å²) >= 11 is 0. The average Bonchev–Trinajstić information content (AvgIpc) is 2.38. The number of rotatable bonds is 4. The van der Waals surface area contributed by atoms with Gasteiger partial charge in [-0.05, 0) is 18.6 Å². The van der Waals surface area contributed by atoms with Crippen molar-refractivity contribution in [3.63, 3.8) is 0 Å². The Morgan fingerprint density at radius 3 is 2.75 bits per heavy atom. The van der Waals surface area contributed by atoms with Crippen LogP contribution in [0.25, 0.3) is 11.4 Å². The third-order valence-electron chi connectivity index (χ3n) is 2.91. The maximum absolute atomic E-state index is 10.8. The summed E-state index contributed by atoms with van der Waals surface area (Å²) in [6.45, 7) is 1.96. The van der Waals surface area contributed by atoms with Crippen LogP contribution in [0.4, 0.5) is 5.82 Å². The number of hydrogen-bond acceptors (Lipinski definition) is 4. The first-order valence-corrected chi connectivity index (χ1v) is 6.29. The van der Waals surface area contributed by atoms with E-state index in [9.17, 15) is 4.79 Å². The van der Waals surface area contributed by atoms with Crippen molar-refractivity contribution < 1.29 is 9.90 Å². The van der Waals surface area contributed by atoms with Gasteiger partial charge < -0.3 is 10.0 Å². The maximum atomic E-state index is 10.8. The fourth-order valence-corrected chi connectivity index (χ4v) is 2.02. The van der Waals surface area contributed by atoms with E-state index in [1.54, 1.807) is 12.3 Å². The van der Waals surface area contributed by atoms with Crippen molar-refractivity contribution in [2.45, 2.75) is 13.3 Å². The number of carboxylic acid groups (broad SMARTS) is 1. The van der Waals surface area contributed by atoms with Gasteiger partial charge in [0.05, 0.1) is 6.42 Å². The zero-order valence-corrected chi connectivity index (χ0v) is 11.8. The molecule has 0 amide bonds. The normalized spacial score (nSPS) is 10.3. The van der Waals surface area contributed by atoms with Crippen molar-refractivity contribution in [1.29, 1.82) is 0 Å². The zero-order chi connectivity index (χ0) is 14.7. The topological polar surface area (TPSA) is 66.3 Å². The van der Waals surface area contributed by atoms with Gasteiger partial charge >= 0.3 is 5.97 Å². The lowest BCUT2D eigenvalue weighted by Crippen LogP contribution is -2.13. The van der Waals surface area contributed by atoms with Crippen molar-refractivity contribution in [2.75, 3.05) is 19.0 Å². The third-order valence-corrected chi connectivity index (χ3v) is 2.91. The highest BCUT2D eigenvalue weighted by atomic mass is 16.4. The predicted octanol–water partition coefficient (Wildman–Crippen LogP) is 2.15.